The lowest BCUT2D eigenvalue weighted by Gasteiger charge is -2.12. The normalized spacial score (nSPS) is 15.0. The average molecular weight is 370 g/mol. The number of anilines is 1. The maximum absolute atomic E-state index is 12.5. The van der Waals surface area contributed by atoms with Crippen LogP contribution in [0.4, 0.5) is 14.6 Å². The fourth-order valence-electron chi connectivity index (χ4n) is 2.74. The molecule has 3 rings (SSSR count). The summed E-state index contributed by atoms with van der Waals surface area (Å²) >= 11 is 0. The van der Waals surface area contributed by atoms with E-state index < -0.39 is 6.61 Å². The number of hydrogen-bond donors (Lipinski definition) is 2. The number of para-hydroxylation sites is 1. The van der Waals surface area contributed by atoms with Gasteiger partial charge in [0, 0.05) is 43.5 Å². The molecule has 7 heteroatoms. The molecule has 2 N–H and O–H groups in total. The Hall–Kier alpha value is -3.22. The Morgan fingerprint density at radius 2 is 2.07 bits per heavy atom. The highest BCUT2D eigenvalue weighted by atomic mass is 19.3. The van der Waals surface area contributed by atoms with Crippen molar-refractivity contribution in [1.82, 2.24) is 10.3 Å². The predicted molar refractivity (Wildman–Crippen MR) is 102 cm³/mol. The Morgan fingerprint density at radius 1 is 1.26 bits per heavy atom. The van der Waals surface area contributed by atoms with Gasteiger partial charge in [0.1, 0.15) is 17.4 Å². The third-order valence-corrected chi connectivity index (χ3v) is 4.15. The minimum absolute atomic E-state index is 0.157. The molecule has 2 heterocycles. The second-order valence-electron chi connectivity index (χ2n) is 5.93. The molecular weight excluding hydrogens is 350 g/mol. The van der Waals surface area contributed by atoms with Crippen LogP contribution in [0.15, 0.2) is 71.5 Å². The van der Waals surface area contributed by atoms with Crippen molar-refractivity contribution < 1.29 is 13.5 Å². The van der Waals surface area contributed by atoms with E-state index in [9.17, 15) is 8.78 Å². The number of ether oxygens (including phenoxy) is 1. The zero-order valence-electron chi connectivity index (χ0n) is 14.9. The standard InChI is InChI=1S/C20H20F2N4O/c1-13-16(12-26-19(13)23-2)9-14-7-8-18(24-10-14)25-11-15-5-3-4-6-17(15)27-20(21)22/h3-8,10,12,20H,1,9,11H2,2H3,(H,23,26)(H,24,25). The van der Waals surface area contributed by atoms with E-state index in [0.717, 1.165) is 22.5 Å². The summed E-state index contributed by atoms with van der Waals surface area (Å²) in [5.74, 6) is 1.59. The first kappa shape index (κ1) is 18.6. The zero-order valence-corrected chi connectivity index (χ0v) is 14.9. The number of benzene rings is 1. The van der Waals surface area contributed by atoms with Gasteiger partial charge in [0.2, 0.25) is 0 Å². The molecular formula is C20H20F2N4O. The van der Waals surface area contributed by atoms with Gasteiger partial charge in [0.15, 0.2) is 0 Å². The fraction of sp³-hybridized carbons (Fsp3) is 0.200. The van der Waals surface area contributed by atoms with Crippen LogP contribution >= 0.6 is 0 Å². The molecule has 1 aliphatic heterocycles. The molecule has 0 amide bonds. The first-order valence-electron chi connectivity index (χ1n) is 8.40. The van der Waals surface area contributed by atoms with E-state index in [1.54, 1.807) is 31.4 Å². The van der Waals surface area contributed by atoms with Gasteiger partial charge in [-0.25, -0.2) is 4.98 Å². The second kappa shape index (κ2) is 8.44. The van der Waals surface area contributed by atoms with E-state index in [2.05, 4.69) is 31.9 Å². The quantitative estimate of drug-likeness (QED) is 0.776. The van der Waals surface area contributed by atoms with E-state index in [-0.39, 0.29) is 5.75 Å². The van der Waals surface area contributed by atoms with Crippen molar-refractivity contribution in [2.75, 3.05) is 12.4 Å². The predicted octanol–water partition coefficient (Wildman–Crippen LogP) is 3.91. The lowest BCUT2D eigenvalue weighted by atomic mass is 10.0. The van der Waals surface area contributed by atoms with Crippen LogP contribution in [-0.4, -0.2) is 24.5 Å². The number of halogens is 2. The summed E-state index contributed by atoms with van der Waals surface area (Å²) in [6, 6.07) is 10.5. The smallest absolute Gasteiger partial charge is 0.387 e. The summed E-state index contributed by atoms with van der Waals surface area (Å²) < 4.78 is 29.5. The summed E-state index contributed by atoms with van der Waals surface area (Å²) in [6.45, 7) is 1.51. The van der Waals surface area contributed by atoms with E-state index in [1.807, 2.05) is 18.3 Å². The van der Waals surface area contributed by atoms with Crippen molar-refractivity contribution in [2.24, 2.45) is 4.99 Å². The van der Waals surface area contributed by atoms with Crippen LogP contribution in [0, 0.1) is 0 Å². The van der Waals surface area contributed by atoms with Crippen molar-refractivity contribution >= 4 is 11.7 Å². The van der Waals surface area contributed by atoms with Crippen LogP contribution in [0.25, 0.3) is 0 Å². The van der Waals surface area contributed by atoms with Crippen molar-refractivity contribution in [3.8, 4) is 5.75 Å². The van der Waals surface area contributed by atoms with Crippen molar-refractivity contribution in [1.29, 1.82) is 0 Å². The molecule has 0 aliphatic carbocycles. The third kappa shape index (κ3) is 4.69. The van der Waals surface area contributed by atoms with Crippen LogP contribution in [0.1, 0.15) is 11.1 Å². The number of pyridine rings is 1. The van der Waals surface area contributed by atoms with Gasteiger partial charge in [0.05, 0.1) is 0 Å². The largest absolute Gasteiger partial charge is 0.434 e. The lowest BCUT2D eigenvalue weighted by molar-refractivity contribution is -0.0504. The fourth-order valence-corrected chi connectivity index (χ4v) is 2.74. The summed E-state index contributed by atoms with van der Waals surface area (Å²) in [7, 11) is 1.72. The molecule has 0 unspecified atom stereocenters. The van der Waals surface area contributed by atoms with Crippen LogP contribution in [0.5, 0.6) is 5.75 Å². The number of nitrogens with zero attached hydrogens (tertiary/aromatic N) is 2. The molecule has 1 aromatic heterocycles. The lowest BCUT2D eigenvalue weighted by Crippen LogP contribution is -2.12. The number of alkyl halides is 2. The van der Waals surface area contributed by atoms with E-state index in [4.69, 9.17) is 0 Å². The van der Waals surface area contributed by atoms with E-state index in [1.165, 1.54) is 6.07 Å². The molecule has 27 heavy (non-hydrogen) atoms. The first-order valence-corrected chi connectivity index (χ1v) is 8.40. The summed E-state index contributed by atoms with van der Waals surface area (Å²) in [4.78, 5) is 8.51. The van der Waals surface area contributed by atoms with E-state index in [0.29, 0.717) is 24.3 Å². The molecule has 140 valence electrons. The van der Waals surface area contributed by atoms with Gasteiger partial charge in [-0.15, -0.1) is 0 Å². The molecule has 0 atom stereocenters. The van der Waals surface area contributed by atoms with Gasteiger partial charge in [-0.1, -0.05) is 30.8 Å². The number of rotatable bonds is 7. The van der Waals surface area contributed by atoms with E-state index >= 15 is 0 Å². The zero-order chi connectivity index (χ0) is 19.2. The number of hydrogen-bond acceptors (Lipinski definition) is 4. The molecule has 0 spiro atoms. The highest BCUT2D eigenvalue weighted by molar-refractivity contribution is 6.05. The molecule has 0 radical (unpaired) electrons. The maximum atomic E-state index is 12.5. The summed E-state index contributed by atoms with van der Waals surface area (Å²) in [6.07, 6.45) is 4.37. The minimum atomic E-state index is -2.85. The van der Waals surface area contributed by atoms with Crippen molar-refractivity contribution in [3.05, 3.63) is 77.6 Å². The Morgan fingerprint density at radius 3 is 2.74 bits per heavy atom. The number of nitrogens with one attached hydrogen (secondary N) is 2. The third-order valence-electron chi connectivity index (χ3n) is 4.15. The molecule has 0 saturated heterocycles. The number of aliphatic imine (C=N–C) groups is 1. The Labute approximate surface area is 156 Å². The highest BCUT2D eigenvalue weighted by Crippen LogP contribution is 2.22. The van der Waals surface area contributed by atoms with Gasteiger partial charge in [-0.2, -0.15) is 8.78 Å². The molecule has 1 aliphatic rings. The number of aromatic nitrogens is 1. The van der Waals surface area contributed by atoms with Gasteiger partial charge < -0.3 is 15.4 Å². The maximum Gasteiger partial charge on any atom is 0.387 e. The second-order valence-corrected chi connectivity index (χ2v) is 5.93. The monoisotopic (exact) mass is 370 g/mol. The van der Waals surface area contributed by atoms with Gasteiger partial charge in [0.25, 0.3) is 0 Å². The van der Waals surface area contributed by atoms with Gasteiger partial charge in [-0.3, -0.25) is 4.99 Å². The Kier molecular flexibility index (Phi) is 5.80. The minimum Gasteiger partial charge on any atom is -0.434 e. The topological polar surface area (TPSA) is 58.5 Å². The Balaban J connectivity index is 1.60. The van der Waals surface area contributed by atoms with Crippen LogP contribution < -0.4 is 15.4 Å². The summed E-state index contributed by atoms with van der Waals surface area (Å²) in [5, 5.41) is 6.21. The van der Waals surface area contributed by atoms with Crippen molar-refractivity contribution in [2.45, 2.75) is 19.6 Å². The Bertz CT molecular complexity index is 876. The highest BCUT2D eigenvalue weighted by Gasteiger charge is 2.16. The SMILES string of the molecule is C=C1C(Cc2ccc(NCc3ccccc3OC(F)F)nc2)=CN/C1=N/C. The first-order chi connectivity index (χ1) is 13.1. The average Bonchev–Trinajstić information content (AvgIpc) is 3.01. The van der Waals surface area contributed by atoms with Gasteiger partial charge in [-0.05, 0) is 23.3 Å². The molecule has 0 saturated carbocycles. The van der Waals surface area contributed by atoms with Crippen LogP contribution in [0.3, 0.4) is 0 Å². The molecule has 0 bridgehead atoms. The molecule has 1 aromatic carbocycles. The van der Waals surface area contributed by atoms with Crippen molar-refractivity contribution in [3.63, 3.8) is 0 Å². The van der Waals surface area contributed by atoms with Crippen LogP contribution in [0.2, 0.25) is 0 Å². The molecule has 0 fully saturated rings. The molecule has 5 nitrogen and oxygen atoms in total. The molecule has 2 aromatic rings. The van der Waals surface area contributed by atoms with Gasteiger partial charge >= 0.3 is 6.61 Å². The summed E-state index contributed by atoms with van der Waals surface area (Å²) in [5.41, 5.74) is 3.62. The van der Waals surface area contributed by atoms with Crippen LogP contribution in [-0.2, 0) is 13.0 Å². The number of amidine groups is 1.